The number of nitrogens with zero attached hydrogens (tertiary/aromatic N) is 1. The molecule has 0 aliphatic carbocycles. The van der Waals surface area contributed by atoms with E-state index in [0.29, 0.717) is 6.42 Å². The van der Waals surface area contributed by atoms with E-state index >= 15 is 0 Å². The Kier molecular flexibility index (Phi) is 2.10. The minimum Gasteiger partial charge on any atom is -0.360 e. The van der Waals surface area contributed by atoms with Gasteiger partial charge >= 0.3 is 0 Å². The Labute approximate surface area is 69.9 Å². The van der Waals surface area contributed by atoms with Crippen molar-refractivity contribution in [3.63, 3.8) is 0 Å². The number of amides is 1. The van der Waals surface area contributed by atoms with Crippen molar-refractivity contribution in [3.05, 3.63) is 23.5 Å². The number of nitrogens with one attached hydrogen (secondary N) is 1. The maximum atomic E-state index is 10.7. The number of hydrogen-bond donors (Lipinski definition) is 1. The fourth-order valence-corrected chi connectivity index (χ4v) is 1.03. The highest BCUT2D eigenvalue weighted by Crippen LogP contribution is 2.09. The Balaban J connectivity index is 0.000000605. The molecule has 0 fully saturated rings. The lowest BCUT2D eigenvalue weighted by Crippen LogP contribution is -2.06. The number of halogens is 1. The molecule has 11 heavy (non-hydrogen) atoms. The van der Waals surface area contributed by atoms with Crippen LogP contribution in [0.15, 0.2) is 17.3 Å². The maximum absolute atomic E-state index is 10.7. The Morgan fingerprint density at radius 3 is 3.18 bits per heavy atom. The maximum Gasteiger partial charge on any atom is 0.250 e. The second kappa shape index (κ2) is 2.88. The summed E-state index contributed by atoms with van der Waals surface area (Å²) in [7, 11) is 0. The third-order valence-electron chi connectivity index (χ3n) is 1.55. The summed E-state index contributed by atoms with van der Waals surface area (Å²) < 4.78 is 0. The van der Waals surface area contributed by atoms with Crippen LogP contribution in [0.3, 0.4) is 0 Å². The number of H-pyrrole nitrogens is 1. The first-order valence-electron chi connectivity index (χ1n) is 3.09. The summed E-state index contributed by atoms with van der Waals surface area (Å²) in [4.78, 5) is 17.3. The van der Waals surface area contributed by atoms with Crippen molar-refractivity contribution in [3.8, 4) is 0 Å². The second-order valence-electron chi connectivity index (χ2n) is 2.25. The Bertz CT molecular complexity index is 303. The zero-order valence-corrected chi connectivity index (χ0v) is 6.52. The SMILES string of the molecule is Cl.O=C1Cc2cc[nH]c2C=N1. The third kappa shape index (κ3) is 1.33. The molecule has 1 aromatic rings. The lowest BCUT2D eigenvalue weighted by Gasteiger charge is -2.00. The van der Waals surface area contributed by atoms with E-state index in [1.165, 1.54) is 0 Å². The summed E-state index contributed by atoms with van der Waals surface area (Å²) in [6.45, 7) is 0. The molecule has 58 valence electrons. The van der Waals surface area contributed by atoms with Crippen LogP contribution in [0.4, 0.5) is 0 Å². The molecule has 0 saturated heterocycles. The Morgan fingerprint density at radius 2 is 2.36 bits per heavy atom. The number of hydrogen-bond acceptors (Lipinski definition) is 1. The molecule has 0 aromatic carbocycles. The van der Waals surface area contributed by atoms with Crippen LogP contribution in [0.1, 0.15) is 11.3 Å². The molecule has 1 N–H and O–H groups in total. The lowest BCUT2D eigenvalue weighted by molar-refractivity contribution is -0.117. The minimum absolute atomic E-state index is 0. The molecule has 0 bridgehead atoms. The summed E-state index contributed by atoms with van der Waals surface area (Å²) in [5, 5.41) is 0. The van der Waals surface area contributed by atoms with Gasteiger partial charge in [-0.15, -0.1) is 12.4 Å². The molecular formula is C7H7ClN2O. The van der Waals surface area contributed by atoms with Crippen molar-refractivity contribution in [2.75, 3.05) is 0 Å². The van der Waals surface area contributed by atoms with Crippen LogP contribution in [0.2, 0.25) is 0 Å². The van der Waals surface area contributed by atoms with Crippen molar-refractivity contribution in [1.82, 2.24) is 4.98 Å². The quantitative estimate of drug-likeness (QED) is 0.619. The summed E-state index contributed by atoms with van der Waals surface area (Å²) in [6.07, 6.45) is 3.83. The highest BCUT2D eigenvalue weighted by molar-refractivity contribution is 5.97. The standard InChI is InChI=1S/C7H6N2O.ClH/c10-7-3-5-1-2-8-6(5)4-9-7;/h1-2,4,8H,3H2;1H. The summed E-state index contributed by atoms with van der Waals surface area (Å²) in [5.41, 5.74) is 2.00. The van der Waals surface area contributed by atoms with Crippen LogP contribution in [-0.2, 0) is 11.2 Å². The smallest absolute Gasteiger partial charge is 0.250 e. The zero-order chi connectivity index (χ0) is 6.97. The van der Waals surface area contributed by atoms with Crippen molar-refractivity contribution in [1.29, 1.82) is 0 Å². The molecule has 0 radical (unpaired) electrons. The van der Waals surface area contributed by atoms with Crippen LogP contribution in [-0.4, -0.2) is 17.1 Å². The topological polar surface area (TPSA) is 45.2 Å². The number of carbonyl (C=O) groups excluding carboxylic acids is 1. The molecule has 1 amide bonds. The van der Waals surface area contributed by atoms with Gasteiger partial charge in [0.25, 0.3) is 0 Å². The average molecular weight is 171 g/mol. The molecule has 0 spiro atoms. The first kappa shape index (κ1) is 8.01. The lowest BCUT2D eigenvalue weighted by atomic mass is 10.1. The number of rotatable bonds is 0. The fraction of sp³-hybridized carbons (Fsp3) is 0.143. The number of aliphatic imine (C=N–C) groups is 1. The van der Waals surface area contributed by atoms with Gasteiger partial charge in [0, 0.05) is 6.20 Å². The largest absolute Gasteiger partial charge is 0.360 e. The van der Waals surface area contributed by atoms with Crippen molar-refractivity contribution in [2.45, 2.75) is 6.42 Å². The Morgan fingerprint density at radius 1 is 1.55 bits per heavy atom. The van der Waals surface area contributed by atoms with Crippen LogP contribution in [0.5, 0.6) is 0 Å². The van der Waals surface area contributed by atoms with Gasteiger partial charge in [-0.05, 0) is 11.6 Å². The molecule has 2 rings (SSSR count). The first-order chi connectivity index (χ1) is 4.86. The van der Waals surface area contributed by atoms with E-state index < -0.39 is 0 Å². The van der Waals surface area contributed by atoms with Gasteiger partial charge in [-0.25, -0.2) is 4.99 Å². The molecular weight excluding hydrogens is 164 g/mol. The molecule has 0 saturated carbocycles. The van der Waals surface area contributed by atoms with E-state index in [9.17, 15) is 4.79 Å². The van der Waals surface area contributed by atoms with E-state index in [4.69, 9.17) is 0 Å². The molecule has 0 unspecified atom stereocenters. The Hall–Kier alpha value is -1.09. The molecule has 1 aliphatic heterocycles. The number of aromatic nitrogens is 1. The van der Waals surface area contributed by atoms with Gasteiger partial charge in [-0.3, -0.25) is 4.79 Å². The van der Waals surface area contributed by atoms with E-state index in [1.807, 2.05) is 12.3 Å². The molecule has 0 atom stereocenters. The number of aromatic amines is 1. The highest BCUT2D eigenvalue weighted by Gasteiger charge is 2.10. The third-order valence-corrected chi connectivity index (χ3v) is 1.55. The van der Waals surface area contributed by atoms with Gasteiger partial charge in [-0.1, -0.05) is 0 Å². The van der Waals surface area contributed by atoms with Crippen LogP contribution >= 0.6 is 12.4 Å². The first-order valence-corrected chi connectivity index (χ1v) is 3.09. The molecule has 4 heteroatoms. The van der Waals surface area contributed by atoms with Crippen molar-refractivity contribution in [2.24, 2.45) is 4.99 Å². The highest BCUT2D eigenvalue weighted by atomic mass is 35.5. The van der Waals surface area contributed by atoms with Gasteiger partial charge in [0.05, 0.1) is 18.3 Å². The van der Waals surface area contributed by atoms with E-state index in [1.54, 1.807) is 6.21 Å². The predicted molar refractivity (Wildman–Crippen MR) is 44.3 cm³/mol. The zero-order valence-electron chi connectivity index (χ0n) is 5.70. The predicted octanol–water partition coefficient (Wildman–Crippen LogP) is 0.938. The normalized spacial score (nSPS) is 14.0. The molecule has 1 aromatic heterocycles. The molecule has 3 nitrogen and oxygen atoms in total. The van der Waals surface area contributed by atoms with Crippen LogP contribution in [0.25, 0.3) is 0 Å². The van der Waals surface area contributed by atoms with E-state index in [2.05, 4.69) is 9.98 Å². The number of carbonyl (C=O) groups is 1. The second-order valence-corrected chi connectivity index (χ2v) is 2.25. The van der Waals surface area contributed by atoms with Crippen LogP contribution in [0, 0.1) is 0 Å². The van der Waals surface area contributed by atoms with Crippen LogP contribution < -0.4 is 0 Å². The van der Waals surface area contributed by atoms with Crippen molar-refractivity contribution >= 4 is 24.5 Å². The summed E-state index contributed by atoms with van der Waals surface area (Å²) in [5.74, 6) is -0.0629. The van der Waals surface area contributed by atoms with Gasteiger partial charge in [0.2, 0.25) is 5.91 Å². The van der Waals surface area contributed by atoms with E-state index in [-0.39, 0.29) is 18.3 Å². The van der Waals surface area contributed by atoms with Gasteiger partial charge in [0.1, 0.15) is 0 Å². The van der Waals surface area contributed by atoms with Gasteiger partial charge in [0.15, 0.2) is 0 Å². The van der Waals surface area contributed by atoms with Gasteiger partial charge in [-0.2, -0.15) is 0 Å². The van der Waals surface area contributed by atoms with E-state index in [0.717, 1.165) is 11.3 Å². The summed E-state index contributed by atoms with van der Waals surface area (Å²) >= 11 is 0. The average Bonchev–Trinajstić information content (AvgIpc) is 2.33. The number of fused-ring (bicyclic) bond motifs is 1. The molecule has 2 heterocycles. The fourth-order valence-electron chi connectivity index (χ4n) is 1.03. The summed E-state index contributed by atoms with van der Waals surface area (Å²) in [6, 6.07) is 1.90. The minimum atomic E-state index is -0.0629. The molecule has 1 aliphatic rings. The van der Waals surface area contributed by atoms with Crippen molar-refractivity contribution < 1.29 is 4.79 Å². The van der Waals surface area contributed by atoms with Gasteiger partial charge < -0.3 is 4.98 Å². The monoisotopic (exact) mass is 170 g/mol.